The quantitative estimate of drug-likeness (QED) is 0.850. The highest BCUT2D eigenvalue weighted by molar-refractivity contribution is 6.30. The average Bonchev–Trinajstić information content (AvgIpc) is 2.66. The smallest absolute Gasteiger partial charge is 0.373 e. The molecule has 2 rings (SSSR count). The molecule has 0 aliphatic heterocycles. The molecule has 0 unspecified atom stereocenters. The molecule has 0 spiro atoms. The SMILES string of the molecule is O=C(O)c1cnc(-c2cccc(Cl)c2)o1. The van der Waals surface area contributed by atoms with Crippen molar-refractivity contribution in [2.75, 3.05) is 0 Å². The molecule has 76 valence electrons. The zero-order valence-corrected chi connectivity index (χ0v) is 8.23. The van der Waals surface area contributed by atoms with Gasteiger partial charge < -0.3 is 9.52 Å². The van der Waals surface area contributed by atoms with Crippen LogP contribution in [0.4, 0.5) is 0 Å². The lowest BCUT2D eigenvalue weighted by Crippen LogP contribution is -1.91. The molecule has 0 amide bonds. The van der Waals surface area contributed by atoms with Crippen LogP contribution in [-0.4, -0.2) is 16.1 Å². The third kappa shape index (κ3) is 1.99. The molecule has 15 heavy (non-hydrogen) atoms. The van der Waals surface area contributed by atoms with Gasteiger partial charge in [0, 0.05) is 10.6 Å². The van der Waals surface area contributed by atoms with Gasteiger partial charge in [0.25, 0.3) is 0 Å². The fraction of sp³-hybridized carbons (Fsp3) is 0. The van der Waals surface area contributed by atoms with Gasteiger partial charge in [0.1, 0.15) is 0 Å². The minimum atomic E-state index is -1.14. The van der Waals surface area contributed by atoms with Gasteiger partial charge in [0.15, 0.2) is 0 Å². The third-order valence-electron chi connectivity index (χ3n) is 1.79. The summed E-state index contributed by atoms with van der Waals surface area (Å²) in [5, 5.41) is 9.18. The Kier molecular flexibility index (Phi) is 2.43. The largest absolute Gasteiger partial charge is 0.475 e. The number of aromatic carboxylic acids is 1. The molecule has 0 saturated heterocycles. The molecule has 0 aliphatic carbocycles. The van der Waals surface area contributed by atoms with Crippen LogP contribution in [0.15, 0.2) is 34.9 Å². The van der Waals surface area contributed by atoms with E-state index in [0.29, 0.717) is 10.6 Å². The number of nitrogens with zero attached hydrogens (tertiary/aromatic N) is 1. The van der Waals surface area contributed by atoms with E-state index in [1.807, 2.05) is 0 Å². The normalized spacial score (nSPS) is 10.2. The Labute approximate surface area is 90.1 Å². The number of benzene rings is 1. The molecule has 0 atom stereocenters. The Hall–Kier alpha value is -1.81. The average molecular weight is 224 g/mol. The van der Waals surface area contributed by atoms with Crippen molar-refractivity contribution < 1.29 is 14.3 Å². The van der Waals surface area contributed by atoms with Gasteiger partial charge in [-0.25, -0.2) is 9.78 Å². The number of carboxylic acids is 1. The Morgan fingerprint density at radius 2 is 2.27 bits per heavy atom. The molecular formula is C10H6ClNO3. The predicted octanol–water partition coefficient (Wildman–Crippen LogP) is 2.69. The van der Waals surface area contributed by atoms with Crippen molar-refractivity contribution in [2.45, 2.75) is 0 Å². The lowest BCUT2D eigenvalue weighted by atomic mass is 10.2. The molecule has 0 radical (unpaired) electrons. The van der Waals surface area contributed by atoms with E-state index in [2.05, 4.69) is 4.98 Å². The highest BCUT2D eigenvalue weighted by Crippen LogP contribution is 2.22. The molecule has 0 bridgehead atoms. The standard InChI is InChI=1S/C10H6ClNO3/c11-7-3-1-2-6(4-7)9-12-5-8(15-9)10(13)14/h1-5H,(H,13,14). The molecule has 4 nitrogen and oxygen atoms in total. The first-order chi connectivity index (χ1) is 7.16. The topological polar surface area (TPSA) is 63.3 Å². The van der Waals surface area contributed by atoms with Gasteiger partial charge in [-0.15, -0.1) is 0 Å². The molecule has 0 fully saturated rings. The molecule has 1 heterocycles. The van der Waals surface area contributed by atoms with Crippen LogP contribution in [0.2, 0.25) is 5.02 Å². The van der Waals surface area contributed by atoms with E-state index in [1.54, 1.807) is 24.3 Å². The summed E-state index contributed by atoms with van der Waals surface area (Å²) < 4.78 is 5.02. The Balaban J connectivity index is 2.41. The predicted molar refractivity (Wildman–Crippen MR) is 53.9 cm³/mol. The van der Waals surface area contributed by atoms with Gasteiger partial charge in [-0.05, 0) is 18.2 Å². The Morgan fingerprint density at radius 1 is 1.47 bits per heavy atom. The number of hydrogen-bond donors (Lipinski definition) is 1. The fourth-order valence-corrected chi connectivity index (χ4v) is 1.32. The highest BCUT2D eigenvalue weighted by Gasteiger charge is 2.11. The van der Waals surface area contributed by atoms with Gasteiger partial charge in [0.2, 0.25) is 11.7 Å². The molecule has 0 saturated carbocycles. The van der Waals surface area contributed by atoms with Gasteiger partial charge in [-0.1, -0.05) is 17.7 Å². The van der Waals surface area contributed by atoms with E-state index in [-0.39, 0.29) is 11.7 Å². The van der Waals surface area contributed by atoms with Gasteiger partial charge in [-0.3, -0.25) is 0 Å². The number of halogens is 1. The number of hydrogen-bond acceptors (Lipinski definition) is 3. The van der Waals surface area contributed by atoms with Crippen molar-refractivity contribution in [1.29, 1.82) is 0 Å². The summed E-state index contributed by atoms with van der Waals surface area (Å²) in [6.07, 6.45) is 1.17. The van der Waals surface area contributed by atoms with Gasteiger partial charge >= 0.3 is 5.97 Å². The number of rotatable bonds is 2. The minimum Gasteiger partial charge on any atom is -0.475 e. The Bertz CT molecular complexity index is 507. The lowest BCUT2D eigenvalue weighted by Gasteiger charge is -1.95. The van der Waals surface area contributed by atoms with E-state index in [9.17, 15) is 4.79 Å². The van der Waals surface area contributed by atoms with Crippen molar-refractivity contribution in [1.82, 2.24) is 4.98 Å². The molecule has 1 N–H and O–H groups in total. The van der Waals surface area contributed by atoms with Gasteiger partial charge in [0.05, 0.1) is 6.20 Å². The lowest BCUT2D eigenvalue weighted by molar-refractivity contribution is 0.0663. The Morgan fingerprint density at radius 3 is 2.87 bits per heavy atom. The van der Waals surface area contributed by atoms with Crippen LogP contribution in [0.5, 0.6) is 0 Å². The summed E-state index contributed by atoms with van der Waals surface area (Å²) in [4.78, 5) is 14.4. The van der Waals surface area contributed by atoms with Crippen LogP contribution >= 0.6 is 11.6 Å². The maximum Gasteiger partial charge on any atom is 0.373 e. The second-order valence-electron chi connectivity index (χ2n) is 2.85. The number of oxazole rings is 1. The molecular weight excluding hydrogens is 218 g/mol. The first kappa shape index (κ1) is 9.73. The van der Waals surface area contributed by atoms with E-state index in [4.69, 9.17) is 21.1 Å². The van der Waals surface area contributed by atoms with Crippen LogP contribution in [0.1, 0.15) is 10.6 Å². The monoisotopic (exact) mass is 223 g/mol. The fourth-order valence-electron chi connectivity index (χ4n) is 1.13. The summed E-state index contributed by atoms with van der Waals surface area (Å²) in [7, 11) is 0. The van der Waals surface area contributed by atoms with Crippen LogP contribution in [0.25, 0.3) is 11.5 Å². The van der Waals surface area contributed by atoms with Crippen molar-refractivity contribution in [2.24, 2.45) is 0 Å². The number of carbonyl (C=O) groups is 1. The van der Waals surface area contributed by atoms with E-state index in [0.717, 1.165) is 0 Å². The second-order valence-corrected chi connectivity index (χ2v) is 3.28. The molecule has 0 aliphatic rings. The van der Waals surface area contributed by atoms with Crippen molar-refractivity contribution in [3.8, 4) is 11.5 Å². The first-order valence-electron chi connectivity index (χ1n) is 4.12. The summed E-state index contributed by atoms with van der Waals surface area (Å²) in [5.41, 5.74) is 0.648. The van der Waals surface area contributed by atoms with Gasteiger partial charge in [-0.2, -0.15) is 0 Å². The van der Waals surface area contributed by atoms with Crippen LogP contribution in [0, 0.1) is 0 Å². The number of carboxylic acid groups (broad SMARTS) is 1. The summed E-state index contributed by atoms with van der Waals surface area (Å²) in [6, 6.07) is 6.84. The molecule has 5 heteroatoms. The summed E-state index contributed by atoms with van der Waals surface area (Å²) in [6.45, 7) is 0. The van der Waals surface area contributed by atoms with Crippen LogP contribution in [-0.2, 0) is 0 Å². The van der Waals surface area contributed by atoms with Crippen molar-refractivity contribution >= 4 is 17.6 Å². The second kappa shape index (κ2) is 3.74. The molecule has 1 aromatic heterocycles. The zero-order chi connectivity index (χ0) is 10.8. The van der Waals surface area contributed by atoms with Crippen molar-refractivity contribution in [3.05, 3.63) is 41.2 Å². The van der Waals surface area contributed by atoms with Crippen LogP contribution < -0.4 is 0 Å². The third-order valence-corrected chi connectivity index (χ3v) is 2.02. The van der Waals surface area contributed by atoms with E-state index < -0.39 is 5.97 Å². The van der Waals surface area contributed by atoms with Crippen LogP contribution in [0.3, 0.4) is 0 Å². The molecule has 2 aromatic rings. The van der Waals surface area contributed by atoms with Crippen molar-refractivity contribution in [3.63, 3.8) is 0 Å². The molecule has 1 aromatic carbocycles. The maximum absolute atomic E-state index is 10.6. The summed E-state index contributed by atoms with van der Waals surface area (Å²) >= 11 is 5.78. The highest BCUT2D eigenvalue weighted by atomic mass is 35.5. The maximum atomic E-state index is 10.6. The summed E-state index contributed by atoms with van der Waals surface area (Å²) in [5.74, 6) is -1.09. The first-order valence-corrected chi connectivity index (χ1v) is 4.49. The number of aromatic nitrogens is 1. The minimum absolute atomic E-state index is 0.190. The van der Waals surface area contributed by atoms with E-state index in [1.165, 1.54) is 6.20 Å². The zero-order valence-electron chi connectivity index (χ0n) is 7.48. The van der Waals surface area contributed by atoms with E-state index >= 15 is 0 Å².